The maximum atomic E-state index is 4.60. The molecule has 0 atom stereocenters. The van der Waals surface area contributed by atoms with E-state index in [0.29, 0.717) is 0 Å². The van der Waals surface area contributed by atoms with Gasteiger partial charge in [-0.3, -0.25) is 0 Å². The average Bonchev–Trinajstić information content (AvgIpc) is 2.83. The molecular formula is C15H13BrN2S. The van der Waals surface area contributed by atoms with Gasteiger partial charge in [-0.05, 0) is 42.3 Å². The molecule has 0 spiro atoms. The molecule has 96 valence electrons. The minimum atomic E-state index is 0.943. The first kappa shape index (κ1) is 12.6. The molecule has 0 unspecified atom stereocenters. The zero-order valence-electron chi connectivity index (χ0n) is 10.5. The standard InChI is InChI=1S/C15H13BrN2S/c1-2-10-9-11(16)7-8-12(10)17-15-18-13-5-3-4-6-14(13)19-15/h3-9H,2H2,1H3,(H,17,18). The first-order valence-electron chi connectivity index (χ1n) is 6.17. The number of anilines is 2. The van der Waals surface area contributed by atoms with E-state index in [0.717, 1.165) is 27.2 Å². The first-order valence-corrected chi connectivity index (χ1v) is 7.78. The Hall–Kier alpha value is -1.39. The summed E-state index contributed by atoms with van der Waals surface area (Å²) in [6.45, 7) is 2.16. The van der Waals surface area contributed by atoms with Crippen LogP contribution in [-0.2, 0) is 6.42 Å². The summed E-state index contributed by atoms with van der Waals surface area (Å²) in [6.07, 6.45) is 0.993. The predicted molar refractivity (Wildman–Crippen MR) is 86.4 cm³/mol. The normalized spacial score (nSPS) is 10.8. The summed E-state index contributed by atoms with van der Waals surface area (Å²) < 4.78 is 2.32. The van der Waals surface area contributed by atoms with Crippen LogP contribution in [0.5, 0.6) is 0 Å². The monoisotopic (exact) mass is 332 g/mol. The van der Waals surface area contributed by atoms with E-state index in [1.165, 1.54) is 10.3 Å². The molecule has 0 fully saturated rings. The molecule has 1 aromatic heterocycles. The van der Waals surface area contributed by atoms with Gasteiger partial charge in [-0.2, -0.15) is 0 Å². The van der Waals surface area contributed by atoms with Crippen LogP contribution in [-0.4, -0.2) is 4.98 Å². The van der Waals surface area contributed by atoms with E-state index < -0.39 is 0 Å². The molecule has 1 heterocycles. The van der Waals surface area contributed by atoms with E-state index in [1.807, 2.05) is 18.2 Å². The van der Waals surface area contributed by atoms with Gasteiger partial charge in [-0.25, -0.2) is 4.98 Å². The number of rotatable bonds is 3. The Bertz CT molecular complexity index is 688. The van der Waals surface area contributed by atoms with Gasteiger partial charge in [0.2, 0.25) is 0 Å². The van der Waals surface area contributed by atoms with Crippen LogP contribution in [0, 0.1) is 0 Å². The lowest BCUT2D eigenvalue weighted by molar-refractivity contribution is 1.14. The second-order valence-corrected chi connectivity index (χ2v) is 6.21. The van der Waals surface area contributed by atoms with Gasteiger partial charge in [0.05, 0.1) is 10.2 Å². The van der Waals surface area contributed by atoms with Gasteiger partial charge >= 0.3 is 0 Å². The van der Waals surface area contributed by atoms with E-state index in [-0.39, 0.29) is 0 Å². The predicted octanol–water partition coefficient (Wildman–Crippen LogP) is 5.36. The Kier molecular flexibility index (Phi) is 3.53. The van der Waals surface area contributed by atoms with Crippen molar-refractivity contribution in [2.75, 3.05) is 5.32 Å². The summed E-state index contributed by atoms with van der Waals surface area (Å²) >= 11 is 5.19. The maximum Gasteiger partial charge on any atom is 0.188 e. The fourth-order valence-corrected chi connectivity index (χ4v) is 3.30. The SMILES string of the molecule is CCc1cc(Br)ccc1Nc1nc2ccccc2s1. The minimum Gasteiger partial charge on any atom is -0.331 e. The Balaban J connectivity index is 1.96. The number of halogens is 1. The molecular weight excluding hydrogens is 320 g/mol. The van der Waals surface area contributed by atoms with Gasteiger partial charge in [0.15, 0.2) is 5.13 Å². The highest BCUT2D eigenvalue weighted by Crippen LogP contribution is 2.30. The van der Waals surface area contributed by atoms with Gasteiger partial charge in [0, 0.05) is 10.2 Å². The third-order valence-electron chi connectivity index (χ3n) is 2.98. The molecule has 0 aliphatic rings. The number of hydrogen-bond acceptors (Lipinski definition) is 3. The molecule has 3 aromatic rings. The van der Waals surface area contributed by atoms with E-state index in [9.17, 15) is 0 Å². The number of aryl methyl sites for hydroxylation is 1. The van der Waals surface area contributed by atoms with Crippen molar-refractivity contribution in [3.8, 4) is 0 Å². The van der Waals surface area contributed by atoms with Gasteiger partial charge in [-0.1, -0.05) is 46.3 Å². The lowest BCUT2D eigenvalue weighted by Crippen LogP contribution is -1.94. The summed E-state index contributed by atoms with van der Waals surface area (Å²) in [5.41, 5.74) is 3.46. The molecule has 0 aliphatic carbocycles. The third kappa shape index (κ3) is 2.65. The molecule has 0 saturated carbocycles. The van der Waals surface area contributed by atoms with Crippen LogP contribution in [0.2, 0.25) is 0 Å². The van der Waals surface area contributed by atoms with Gasteiger partial charge < -0.3 is 5.32 Å². The second-order valence-electron chi connectivity index (χ2n) is 4.27. The maximum absolute atomic E-state index is 4.60. The molecule has 0 aliphatic heterocycles. The second kappa shape index (κ2) is 5.31. The molecule has 0 radical (unpaired) electrons. The Morgan fingerprint density at radius 2 is 2.05 bits per heavy atom. The Labute approximate surface area is 124 Å². The van der Waals surface area contributed by atoms with Crippen LogP contribution in [0.3, 0.4) is 0 Å². The van der Waals surface area contributed by atoms with Crippen LogP contribution in [0.15, 0.2) is 46.9 Å². The van der Waals surface area contributed by atoms with Crippen molar-refractivity contribution in [3.63, 3.8) is 0 Å². The minimum absolute atomic E-state index is 0.943. The highest BCUT2D eigenvalue weighted by molar-refractivity contribution is 9.10. The van der Waals surface area contributed by atoms with Crippen molar-refractivity contribution >= 4 is 48.3 Å². The lowest BCUT2D eigenvalue weighted by atomic mass is 10.1. The van der Waals surface area contributed by atoms with Crippen molar-refractivity contribution in [2.24, 2.45) is 0 Å². The van der Waals surface area contributed by atoms with Gasteiger partial charge in [-0.15, -0.1) is 0 Å². The third-order valence-corrected chi connectivity index (χ3v) is 4.43. The number of nitrogens with one attached hydrogen (secondary N) is 1. The number of thiazole rings is 1. The number of para-hydroxylation sites is 1. The molecule has 0 saturated heterocycles. The van der Waals surface area contributed by atoms with E-state index in [4.69, 9.17) is 0 Å². The quantitative estimate of drug-likeness (QED) is 0.697. The number of benzene rings is 2. The van der Waals surface area contributed by atoms with Crippen LogP contribution in [0.25, 0.3) is 10.2 Å². The highest BCUT2D eigenvalue weighted by Gasteiger charge is 2.06. The van der Waals surface area contributed by atoms with E-state index in [2.05, 4.69) is 57.4 Å². The fourth-order valence-electron chi connectivity index (χ4n) is 2.02. The topological polar surface area (TPSA) is 24.9 Å². The van der Waals surface area contributed by atoms with Crippen molar-refractivity contribution in [3.05, 3.63) is 52.5 Å². The Morgan fingerprint density at radius 3 is 2.84 bits per heavy atom. The largest absolute Gasteiger partial charge is 0.331 e. The molecule has 1 N–H and O–H groups in total. The van der Waals surface area contributed by atoms with Crippen LogP contribution in [0.4, 0.5) is 10.8 Å². The van der Waals surface area contributed by atoms with E-state index >= 15 is 0 Å². The molecule has 4 heteroatoms. The average molecular weight is 333 g/mol. The zero-order chi connectivity index (χ0) is 13.2. The van der Waals surface area contributed by atoms with Crippen LogP contribution in [0.1, 0.15) is 12.5 Å². The number of fused-ring (bicyclic) bond motifs is 1. The van der Waals surface area contributed by atoms with Crippen molar-refractivity contribution in [1.29, 1.82) is 0 Å². The number of hydrogen-bond donors (Lipinski definition) is 1. The van der Waals surface area contributed by atoms with Crippen molar-refractivity contribution in [1.82, 2.24) is 4.98 Å². The summed E-state index contributed by atoms with van der Waals surface area (Å²) in [6, 6.07) is 14.5. The molecule has 0 amide bonds. The van der Waals surface area contributed by atoms with Crippen LogP contribution >= 0.6 is 27.3 Å². The lowest BCUT2D eigenvalue weighted by Gasteiger charge is -2.08. The van der Waals surface area contributed by atoms with Gasteiger partial charge in [0.1, 0.15) is 0 Å². The smallest absolute Gasteiger partial charge is 0.188 e. The van der Waals surface area contributed by atoms with Gasteiger partial charge in [0.25, 0.3) is 0 Å². The molecule has 19 heavy (non-hydrogen) atoms. The molecule has 0 bridgehead atoms. The van der Waals surface area contributed by atoms with Crippen molar-refractivity contribution < 1.29 is 0 Å². The fraction of sp³-hybridized carbons (Fsp3) is 0.133. The summed E-state index contributed by atoms with van der Waals surface area (Å²) in [5.74, 6) is 0. The van der Waals surface area contributed by atoms with Crippen molar-refractivity contribution in [2.45, 2.75) is 13.3 Å². The Morgan fingerprint density at radius 1 is 1.21 bits per heavy atom. The van der Waals surface area contributed by atoms with Crippen LogP contribution < -0.4 is 5.32 Å². The molecule has 2 nitrogen and oxygen atoms in total. The summed E-state index contributed by atoms with van der Waals surface area (Å²) in [4.78, 5) is 4.60. The summed E-state index contributed by atoms with van der Waals surface area (Å²) in [5, 5.41) is 4.37. The number of nitrogens with zero attached hydrogens (tertiary/aromatic N) is 1. The molecule has 3 rings (SSSR count). The summed E-state index contributed by atoms with van der Waals surface area (Å²) in [7, 11) is 0. The zero-order valence-corrected chi connectivity index (χ0v) is 12.9. The van der Waals surface area contributed by atoms with E-state index in [1.54, 1.807) is 11.3 Å². The first-order chi connectivity index (χ1) is 9.26. The highest BCUT2D eigenvalue weighted by atomic mass is 79.9. The molecule has 2 aromatic carbocycles. The number of aromatic nitrogens is 1.